The van der Waals surface area contributed by atoms with Crippen LogP contribution in [0.3, 0.4) is 0 Å². The molecule has 6 heteroatoms. The van der Waals surface area contributed by atoms with Crippen LogP contribution in [0.1, 0.15) is 6.92 Å². The molecule has 0 bridgehead atoms. The van der Waals surface area contributed by atoms with Crippen LogP contribution in [-0.2, 0) is 19.0 Å². The highest BCUT2D eigenvalue weighted by molar-refractivity contribution is 5.77. The van der Waals surface area contributed by atoms with Crippen molar-refractivity contribution in [2.45, 2.75) is 12.5 Å². The number of amides is 1. The molecule has 106 valence electrons. The molecule has 1 saturated heterocycles. The molecule has 18 heavy (non-hydrogen) atoms. The van der Waals surface area contributed by atoms with E-state index in [4.69, 9.17) is 14.2 Å². The normalized spacial score (nSPS) is 17.3. The van der Waals surface area contributed by atoms with Crippen LogP contribution in [0.4, 0.5) is 0 Å². The van der Waals surface area contributed by atoms with Gasteiger partial charge in [-0.1, -0.05) is 0 Å². The van der Waals surface area contributed by atoms with Crippen molar-refractivity contribution in [2.75, 3.05) is 60.2 Å². The van der Waals surface area contributed by atoms with Gasteiger partial charge < -0.3 is 24.4 Å². The van der Waals surface area contributed by atoms with Crippen molar-refractivity contribution >= 4 is 5.91 Å². The second-order valence-corrected chi connectivity index (χ2v) is 4.71. The Labute approximate surface area is 109 Å². The van der Waals surface area contributed by atoms with Crippen molar-refractivity contribution in [2.24, 2.45) is 0 Å². The summed E-state index contributed by atoms with van der Waals surface area (Å²) in [4.78, 5) is 13.7. The summed E-state index contributed by atoms with van der Waals surface area (Å²) in [6.07, 6.45) is 0. The number of rotatable bonds is 9. The molecule has 1 aliphatic heterocycles. The molecule has 0 spiro atoms. The van der Waals surface area contributed by atoms with Crippen molar-refractivity contribution in [3.63, 3.8) is 0 Å². The summed E-state index contributed by atoms with van der Waals surface area (Å²) < 4.78 is 15.6. The molecule has 1 N–H and O–H groups in total. The molecule has 1 fully saturated rings. The van der Waals surface area contributed by atoms with Crippen molar-refractivity contribution in [1.29, 1.82) is 0 Å². The molecule has 0 saturated carbocycles. The van der Waals surface area contributed by atoms with Gasteiger partial charge in [0.25, 0.3) is 0 Å². The molecule has 1 aliphatic rings. The zero-order chi connectivity index (χ0) is 13.4. The molecule has 0 unspecified atom stereocenters. The number of nitrogens with zero attached hydrogens (tertiary/aromatic N) is 1. The van der Waals surface area contributed by atoms with Crippen molar-refractivity contribution < 1.29 is 19.0 Å². The number of carbonyl (C=O) groups is 1. The van der Waals surface area contributed by atoms with Crippen LogP contribution in [-0.4, -0.2) is 76.6 Å². The molecule has 0 aromatic rings. The number of hydrogen-bond donors (Lipinski definition) is 1. The summed E-state index contributed by atoms with van der Waals surface area (Å²) in [6.45, 7) is 5.90. The first-order valence-electron chi connectivity index (χ1n) is 6.21. The van der Waals surface area contributed by atoms with Crippen molar-refractivity contribution in [3.8, 4) is 0 Å². The third-order valence-corrected chi connectivity index (χ3v) is 3.03. The fraction of sp³-hybridized carbons (Fsp3) is 0.917. The molecular formula is C12H24N2O4. The van der Waals surface area contributed by atoms with E-state index in [2.05, 4.69) is 5.32 Å². The Morgan fingerprint density at radius 1 is 1.22 bits per heavy atom. The molecule has 0 atom stereocenters. The third kappa shape index (κ3) is 4.89. The van der Waals surface area contributed by atoms with Gasteiger partial charge in [-0.05, 0) is 6.92 Å². The van der Waals surface area contributed by atoms with Gasteiger partial charge in [-0.25, -0.2) is 0 Å². The zero-order valence-electron chi connectivity index (χ0n) is 11.5. The maximum atomic E-state index is 12.0. The fourth-order valence-corrected chi connectivity index (χ4v) is 1.67. The Morgan fingerprint density at radius 2 is 1.78 bits per heavy atom. The Kier molecular flexibility index (Phi) is 6.56. The van der Waals surface area contributed by atoms with Crippen LogP contribution >= 0.6 is 0 Å². The topological polar surface area (TPSA) is 60.0 Å². The van der Waals surface area contributed by atoms with E-state index >= 15 is 0 Å². The second kappa shape index (κ2) is 7.68. The number of carbonyl (C=O) groups excluding carboxylic acids is 1. The summed E-state index contributed by atoms with van der Waals surface area (Å²) in [5, 5.41) is 3.13. The van der Waals surface area contributed by atoms with E-state index in [1.54, 1.807) is 19.1 Å². The van der Waals surface area contributed by atoms with E-state index in [0.717, 1.165) is 13.1 Å². The van der Waals surface area contributed by atoms with Gasteiger partial charge >= 0.3 is 0 Å². The van der Waals surface area contributed by atoms with Gasteiger partial charge in [0.2, 0.25) is 5.91 Å². The molecule has 1 rings (SSSR count). The van der Waals surface area contributed by atoms with E-state index in [1.165, 1.54) is 0 Å². The standard InChI is InChI=1S/C12H24N2O4/c1-12(9-13-10-12)18-8-11(15)14(4-6-16-2)5-7-17-3/h13H,4-10H2,1-3H3. The van der Waals surface area contributed by atoms with Crippen molar-refractivity contribution in [3.05, 3.63) is 0 Å². The first kappa shape index (κ1) is 15.4. The zero-order valence-corrected chi connectivity index (χ0v) is 11.5. The number of hydrogen-bond acceptors (Lipinski definition) is 5. The van der Waals surface area contributed by atoms with Gasteiger partial charge in [0, 0.05) is 40.4 Å². The highest BCUT2D eigenvalue weighted by Crippen LogP contribution is 2.15. The summed E-state index contributed by atoms with van der Waals surface area (Å²) in [5.41, 5.74) is -0.191. The predicted octanol–water partition coefficient (Wildman–Crippen LogP) is -0.514. The lowest BCUT2D eigenvalue weighted by Gasteiger charge is -2.39. The summed E-state index contributed by atoms with van der Waals surface area (Å²) >= 11 is 0. The van der Waals surface area contributed by atoms with Crippen LogP contribution < -0.4 is 5.32 Å². The van der Waals surface area contributed by atoms with Crippen molar-refractivity contribution in [1.82, 2.24) is 10.2 Å². The summed E-state index contributed by atoms with van der Waals surface area (Å²) in [6, 6.07) is 0. The first-order chi connectivity index (χ1) is 8.61. The third-order valence-electron chi connectivity index (χ3n) is 3.03. The number of methoxy groups -OCH3 is 2. The maximum Gasteiger partial charge on any atom is 0.248 e. The van der Waals surface area contributed by atoms with Gasteiger partial charge in [0.05, 0.1) is 18.8 Å². The Bertz CT molecular complexity index is 248. The highest BCUT2D eigenvalue weighted by Gasteiger charge is 2.33. The Morgan fingerprint density at radius 3 is 2.17 bits per heavy atom. The lowest BCUT2D eigenvalue weighted by Crippen LogP contribution is -2.59. The van der Waals surface area contributed by atoms with E-state index in [1.807, 2.05) is 6.92 Å². The number of nitrogens with one attached hydrogen (secondary N) is 1. The molecule has 6 nitrogen and oxygen atoms in total. The van der Waals surface area contributed by atoms with Gasteiger partial charge in [0.1, 0.15) is 6.61 Å². The van der Waals surface area contributed by atoms with Gasteiger partial charge in [-0.2, -0.15) is 0 Å². The molecule has 1 heterocycles. The molecule has 0 radical (unpaired) electrons. The number of ether oxygens (including phenoxy) is 3. The minimum atomic E-state index is -0.191. The average Bonchev–Trinajstić information content (AvgIpc) is 2.34. The van der Waals surface area contributed by atoms with Crippen LogP contribution in [0.5, 0.6) is 0 Å². The van der Waals surface area contributed by atoms with Crippen LogP contribution in [0, 0.1) is 0 Å². The minimum Gasteiger partial charge on any atom is -0.383 e. The predicted molar refractivity (Wildman–Crippen MR) is 67.6 cm³/mol. The second-order valence-electron chi connectivity index (χ2n) is 4.71. The van der Waals surface area contributed by atoms with E-state index in [9.17, 15) is 4.79 Å². The fourth-order valence-electron chi connectivity index (χ4n) is 1.67. The molecular weight excluding hydrogens is 236 g/mol. The molecule has 0 aromatic carbocycles. The Hall–Kier alpha value is -0.690. The quantitative estimate of drug-likeness (QED) is 0.605. The monoisotopic (exact) mass is 260 g/mol. The lowest BCUT2D eigenvalue weighted by molar-refractivity contribution is -0.147. The maximum absolute atomic E-state index is 12.0. The first-order valence-corrected chi connectivity index (χ1v) is 6.21. The van der Waals surface area contributed by atoms with Crippen LogP contribution in [0.25, 0.3) is 0 Å². The SMILES string of the molecule is COCCN(CCOC)C(=O)COC1(C)CNC1. The van der Waals surface area contributed by atoms with E-state index < -0.39 is 0 Å². The minimum absolute atomic E-state index is 0.0165. The van der Waals surface area contributed by atoms with Gasteiger partial charge in [-0.15, -0.1) is 0 Å². The lowest BCUT2D eigenvalue weighted by atomic mass is 10.0. The highest BCUT2D eigenvalue weighted by atomic mass is 16.5. The van der Waals surface area contributed by atoms with Crippen LogP contribution in [0.15, 0.2) is 0 Å². The molecule has 0 aliphatic carbocycles. The Balaban J connectivity index is 2.32. The molecule has 0 aromatic heterocycles. The van der Waals surface area contributed by atoms with E-state index in [0.29, 0.717) is 26.3 Å². The largest absolute Gasteiger partial charge is 0.383 e. The smallest absolute Gasteiger partial charge is 0.248 e. The molecule has 1 amide bonds. The summed E-state index contributed by atoms with van der Waals surface area (Å²) in [5.74, 6) is -0.0165. The van der Waals surface area contributed by atoms with Gasteiger partial charge in [0.15, 0.2) is 0 Å². The summed E-state index contributed by atoms with van der Waals surface area (Å²) in [7, 11) is 3.24. The van der Waals surface area contributed by atoms with E-state index in [-0.39, 0.29) is 18.1 Å². The van der Waals surface area contributed by atoms with Crippen LogP contribution in [0.2, 0.25) is 0 Å². The van der Waals surface area contributed by atoms with Gasteiger partial charge in [-0.3, -0.25) is 4.79 Å². The average molecular weight is 260 g/mol.